The van der Waals surface area contributed by atoms with Gasteiger partial charge in [0.2, 0.25) is 5.91 Å². The van der Waals surface area contributed by atoms with Crippen molar-refractivity contribution in [3.05, 3.63) is 60.4 Å². The number of carboxylic acids is 1. The Morgan fingerprint density at radius 2 is 1.83 bits per heavy atom. The van der Waals surface area contributed by atoms with Crippen LogP contribution in [0, 0.1) is 5.92 Å². The van der Waals surface area contributed by atoms with E-state index in [1.54, 1.807) is 4.90 Å². The van der Waals surface area contributed by atoms with Crippen LogP contribution in [0.2, 0.25) is 0 Å². The Morgan fingerprint density at radius 3 is 2.59 bits per heavy atom. The lowest BCUT2D eigenvalue weighted by molar-refractivity contribution is -0.149. The van der Waals surface area contributed by atoms with Crippen molar-refractivity contribution in [2.75, 3.05) is 6.54 Å². The monoisotopic (exact) mass is 391 g/mol. The number of aryl methyl sites for hydroxylation is 1. The highest BCUT2D eigenvalue weighted by molar-refractivity contribution is 5.80. The Labute approximate surface area is 169 Å². The van der Waals surface area contributed by atoms with Gasteiger partial charge in [-0.2, -0.15) is 0 Å². The van der Waals surface area contributed by atoms with Crippen molar-refractivity contribution in [2.45, 2.75) is 38.6 Å². The normalized spacial score (nSPS) is 19.4. The quantitative estimate of drug-likeness (QED) is 0.720. The van der Waals surface area contributed by atoms with Crippen molar-refractivity contribution in [1.82, 2.24) is 14.5 Å². The van der Waals surface area contributed by atoms with Gasteiger partial charge >= 0.3 is 5.97 Å². The highest BCUT2D eigenvalue weighted by atomic mass is 16.4. The number of aromatic nitrogens is 2. The van der Waals surface area contributed by atoms with Gasteiger partial charge in [0.25, 0.3) is 0 Å². The van der Waals surface area contributed by atoms with E-state index in [0.29, 0.717) is 25.8 Å². The third kappa shape index (κ3) is 3.75. The van der Waals surface area contributed by atoms with Gasteiger partial charge in [-0.3, -0.25) is 14.2 Å². The molecule has 1 aliphatic heterocycles. The van der Waals surface area contributed by atoms with Crippen LogP contribution >= 0.6 is 0 Å². The minimum atomic E-state index is -0.819. The summed E-state index contributed by atoms with van der Waals surface area (Å²) in [5.41, 5.74) is 2.93. The molecule has 2 aromatic carbocycles. The molecule has 0 saturated carbocycles. The number of hydrogen-bond donors (Lipinski definition) is 1. The first kappa shape index (κ1) is 19.2. The third-order valence-electron chi connectivity index (χ3n) is 5.83. The Bertz CT molecular complexity index is 1030. The van der Waals surface area contributed by atoms with E-state index in [0.717, 1.165) is 29.0 Å². The number of carboxylic acid groups (broad SMARTS) is 1. The molecular formula is C23H25N3O3. The van der Waals surface area contributed by atoms with E-state index in [-0.39, 0.29) is 11.9 Å². The smallest absolute Gasteiger partial charge is 0.308 e. The maximum atomic E-state index is 12.9. The first-order valence-electron chi connectivity index (χ1n) is 10.1. The zero-order chi connectivity index (χ0) is 20.4. The number of carbonyl (C=O) groups excluding carboxylic acids is 1. The van der Waals surface area contributed by atoms with Crippen LogP contribution in [0.1, 0.15) is 32.0 Å². The number of hydrogen-bond acceptors (Lipinski definition) is 3. The molecule has 29 heavy (non-hydrogen) atoms. The minimum absolute atomic E-state index is 0.00452. The van der Waals surface area contributed by atoms with Crippen LogP contribution < -0.4 is 0 Å². The average molecular weight is 391 g/mol. The van der Waals surface area contributed by atoms with Crippen molar-refractivity contribution in [3.63, 3.8) is 0 Å². The summed E-state index contributed by atoms with van der Waals surface area (Å²) in [4.78, 5) is 30.9. The number of nitrogens with zero attached hydrogens (tertiary/aromatic N) is 3. The highest BCUT2D eigenvalue weighted by Gasteiger charge is 2.35. The van der Waals surface area contributed by atoms with Crippen molar-refractivity contribution in [3.8, 4) is 5.69 Å². The summed E-state index contributed by atoms with van der Waals surface area (Å²) in [5, 5.41) is 9.41. The van der Waals surface area contributed by atoms with E-state index in [2.05, 4.69) is 4.57 Å². The molecule has 1 aliphatic rings. The number of aliphatic carboxylic acids is 1. The number of carbonyl (C=O) groups is 2. The molecule has 0 spiro atoms. The standard InChI is InChI=1S/C23H25N3O3/c1-16-18(23(28)29)10-7-15-25(16)22(27)14-13-21-24-19-11-5-6-12-20(19)26(21)17-8-3-2-4-9-17/h2-6,8-9,11-12,16,18H,7,10,13-15H2,1H3,(H,28,29)/t16-,18-/m1/s1. The molecular weight excluding hydrogens is 366 g/mol. The molecule has 1 saturated heterocycles. The van der Waals surface area contributed by atoms with E-state index >= 15 is 0 Å². The molecule has 2 atom stereocenters. The van der Waals surface area contributed by atoms with Gasteiger partial charge in [-0.25, -0.2) is 4.98 Å². The molecule has 0 aliphatic carbocycles. The molecule has 6 heteroatoms. The summed E-state index contributed by atoms with van der Waals surface area (Å²) in [6.07, 6.45) is 2.18. The van der Waals surface area contributed by atoms with E-state index in [1.807, 2.05) is 61.5 Å². The largest absolute Gasteiger partial charge is 0.481 e. The second kappa shape index (κ2) is 8.07. The number of likely N-dealkylation sites (tertiary alicyclic amines) is 1. The summed E-state index contributed by atoms with van der Waals surface area (Å²) in [6, 6.07) is 17.7. The fraction of sp³-hybridized carbons (Fsp3) is 0.348. The van der Waals surface area contributed by atoms with Gasteiger partial charge in [-0.05, 0) is 44.0 Å². The molecule has 1 aromatic heterocycles. The van der Waals surface area contributed by atoms with Crippen LogP contribution in [0.5, 0.6) is 0 Å². The maximum absolute atomic E-state index is 12.9. The van der Waals surface area contributed by atoms with Gasteiger partial charge in [0.05, 0.1) is 17.0 Å². The summed E-state index contributed by atoms with van der Waals surface area (Å²) < 4.78 is 2.10. The van der Waals surface area contributed by atoms with Gasteiger partial charge in [-0.15, -0.1) is 0 Å². The van der Waals surface area contributed by atoms with Crippen LogP contribution in [0.15, 0.2) is 54.6 Å². The van der Waals surface area contributed by atoms with Gasteiger partial charge in [0.1, 0.15) is 5.82 Å². The van der Waals surface area contributed by atoms with Crippen molar-refractivity contribution in [1.29, 1.82) is 0 Å². The molecule has 6 nitrogen and oxygen atoms in total. The van der Waals surface area contributed by atoms with Gasteiger partial charge < -0.3 is 10.0 Å². The van der Waals surface area contributed by atoms with Gasteiger partial charge in [-0.1, -0.05) is 30.3 Å². The number of imidazole rings is 1. The SMILES string of the molecule is C[C@@H]1[C@H](C(=O)O)CCCN1C(=O)CCc1nc2ccccc2n1-c1ccccc1. The van der Waals surface area contributed by atoms with Crippen molar-refractivity contribution in [2.24, 2.45) is 5.92 Å². The second-order valence-electron chi connectivity index (χ2n) is 7.60. The number of piperidine rings is 1. The summed E-state index contributed by atoms with van der Waals surface area (Å²) in [5.74, 6) is -0.470. The maximum Gasteiger partial charge on any atom is 0.308 e. The van der Waals surface area contributed by atoms with E-state index in [4.69, 9.17) is 4.98 Å². The Kier molecular flexibility index (Phi) is 5.34. The van der Waals surface area contributed by atoms with Crippen molar-refractivity contribution < 1.29 is 14.7 Å². The predicted octanol–water partition coefficient (Wildman–Crippen LogP) is 3.67. The molecule has 2 heterocycles. The lowest BCUT2D eigenvalue weighted by atomic mass is 9.90. The fourth-order valence-corrected chi connectivity index (χ4v) is 4.30. The topological polar surface area (TPSA) is 75.4 Å². The molecule has 1 N–H and O–H groups in total. The van der Waals surface area contributed by atoms with Crippen LogP contribution in [0.25, 0.3) is 16.7 Å². The number of rotatable bonds is 5. The van der Waals surface area contributed by atoms with Crippen LogP contribution in [0.3, 0.4) is 0 Å². The lowest BCUT2D eigenvalue weighted by Gasteiger charge is -2.37. The van der Waals surface area contributed by atoms with E-state index < -0.39 is 11.9 Å². The summed E-state index contributed by atoms with van der Waals surface area (Å²) in [6.45, 7) is 2.47. The molecule has 0 radical (unpaired) electrons. The first-order chi connectivity index (χ1) is 14.1. The zero-order valence-electron chi connectivity index (χ0n) is 16.5. The summed E-state index contributed by atoms with van der Waals surface area (Å²) in [7, 11) is 0. The van der Waals surface area contributed by atoms with Gasteiger partial charge in [0.15, 0.2) is 0 Å². The molecule has 3 aromatic rings. The number of para-hydroxylation sites is 3. The highest BCUT2D eigenvalue weighted by Crippen LogP contribution is 2.26. The van der Waals surface area contributed by atoms with Crippen LogP contribution in [-0.4, -0.2) is 44.0 Å². The molecule has 1 amide bonds. The molecule has 1 fully saturated rings. The number of benzene rings is 2. The minimum Gasteiger partial charge on any atom is -0.481 e. The third-order valence-corrected chi connectivity index (χ3v) is 5.83. The van der Waals surface area contributed by atoms with Crippen LogP contribution in [0.4, 0.5) is 0 Å². The van der Waals surface area contributed by atoms with Crippen LogP contribution in [-0.2, 0) is 16.0 Å². The fourth-order valence-electron chi connectivity index (χ4n) is 4.30. The van der Waals surface area contributed by atoms with E-state index in [9.17, 15) is 14.7 Å². The predicted molar refractivity (Wildman–Crippen MR) is 111 cm³/mol. The molecule has 4 rings (SSSR count). The average Bonchev–Trinajstić information content (AvgIpc) is 3.11. The zero-order valence-corrected chi connectivity index (χ0v) is 16.5. The Balaban J connectivity index is 1.57. The Hall–Kier alpha value is -3.15. The number of fused-ring (bicyclic) bond motifs is 1. The molecule has 0 bridgehead atoms. The molecule has 150 valence electrons. The summed E-state index contributed by atoms with van der Waals surface area (Å²) >= 11 is 0. The lowest BCUT2D eigenvalue weighted by Crippen LogP contribution is -2.49. The van der Waals surface area contributed by atoms with E-state index in [1.165, 1.54) is 0 Å². The van der Waals surface area contributed by atoms with Crippen molar-refractivity contribution >= 4 is 22.9 Å². The first-order valence-corrected chi connectivity index (χ1v) is 10.1. The number of amides is 1. The Morgan fingerprint density at radius 1 is 1.10 bits per heavy atom. The second-order valence-corrected chi connectivity index (χ2v) is 7.60. The van der Waals surface area contributed by atoms with Gasteiger partial charge in [0, 0.05) is 31.1 Å². The molecule has 0 unspecified atom stereocenters.